The normalized spacial score (nSPS) is 10.6. The molecule has 5 aromatic carbocycles. The molecule has 0 aromatic heterocycles. The zero-order chi connectivity index (χ0) is 34.2. The van der Waals surface area contributed by atoms with Crippen LogP contribution in [-0.4, -0.2) is 36.6 Å². The predicted octanol–water partition coefficient (Wildman–Crippen LogP) is 7.87. The fourth-order valence-corrected chi connectivity index (χ4v) is 5.17. The fraction of sp³-hybridized carbons (Fsp3) is 0.128. The number of rotatable bonds is 12. The molecule has 0 spiro atoms. The molecule has 0 aliphatic carbocycles. The molecule has 5 aromatic rings. The van der Waals surface area contributed by atoms with Gasteiger partial charge in [0.05, 0.1) is 11.4 Å². The first-order valence-electron chi connectivity index (χ1n) is 15.1. The molecule has 5 rings (SSSR count). The lowest BCUT2D eigenvalue weighted by Crippen LogP contribution is -2.24. The molecule has 0 radical (unpaired) electrons. The third-order valence-electron chi connectivity index (χ3n) is 7.49. The number of para-hydroxylation sites is 2. The topological polar surface area (TPSA) is 111 Å². The highest BCUT2D eigenvalue weighted by molar-refractivity contribution is 9.10. The van der Waals surface area contributed by atoms with Crippen LogP contribution in [0.1, 0.15) is 48.5 Å². The number of ether oxygens (including phenoxy) is 2. The molecular weight excluding hydrogens is 672 g/mol. The number of carbonyl (C=O) groups excluding carboxylic acids is 4. The van der Waals surface area contributed by atoms with Crippen molar-refractivity contribution < 1.29 is 28.7 Å². The van der Waals surface area contributed by atoms with Crippen molar-refractivity contribution in [2.75, 3.05) is 23.8 Å². The van der Waals surface area contributed by atoms with Gasteiger partial charge in [-0.3, -0.25) is 19.2 Å². The second kappa shape index (κ2) is 15.4. The lowest BCUT2D eigenvalue weighted by atomic mass is 10.0. The van der Waals surface area contributed by atoms with E-state index in [0.717, 1.165) is 15.6 Å². The minimum atomic E-state index is -0.432. The van der Waals surface area contributed by atoms with Crippen LogP contribution in [0.3, 0.4) is 0 Å². The van der Waals surface area contributed by atoms with Gasteiger partial charge in [0.2, 0.25) is 0 Å². The number of benzene rings is 5. The van der Waals surface area contributed by atoms with Crippen molar-refractivity contribution in [1.82, 2.24) is 0 Å². The van der Waals surface area contributed by atoms with E-state index in [1.165, 1.54) is 0 Å². The van der Waals surface area contributed by atoms with Crippen molar-refractivity contribution in [3.05, 3.63) is 153 Å². The number of ketones is 2. The summed E-state index contributed by atoms with van der Waals surface area (Å²) in [6.07, 6.45) is 0. The Kier molecular flexibility index (Phi) is 10.8. The summed E-state index contributed by atoms with van der Waals surface area (Å²) in [5.41, 5.74) is 5.49. The summed E-state index contributed by atoms with van der Waals surface area (Å²) in [4.78, 5) is 51.3. The van der Waals surface area contributed by atoms with Crippen LogP contribution in [-0.2, 0) is 9.59 Å². The van der Waals surface area contributed by atoms with E-state index in [1.807, 2.05) is 38.1 Å². The smallest absolute Gasteiger partial charge is 0.262 e. The van der Waals surface area contributed by atoms with Gasteiger partial charge in [-0.05, 0) is 105 Å². The largest absolute Gasteiger partial charge is 0.483 e. The Labute approximate surface area is 287 Å². The minimum Gasteiger partial charge on any atom is -0.483 e. The Hall–Kier alpha value is -5.54. The van der Waals surface area contributed by atoms with Crippen LogP contribution in [0, 0.1) is 20.8 Å². The third-order valence-corrected chi connectivity index (χ3v) is 8.02. The summed E-state index contributed by atoms with van der Waals surface area (Å²) in [5.74, 6) is -0.121. The average molecular weight is 706 g/mol. The molecule has 2 N–H and O–H groups in total. The molecule has 2 amide bonds. The molecular formula is C39H33BrN2O6. The lowest BCUT2D eigenvalue weighted by Gasteiger charge is -2.14. The average Bonchev–Trinajstić information content (AvgIpc) is 3.08. The highest BCUT2D eigenvalue weighted by Gasteiger charge is 2.15. The van der Waals surface area contributed by atoms with Crippen LogP contribution in [0.5, 0.6) is 11.5 Å². The van der Waals surface area contributed by atoms with Crippen LogP contribution in [0.25, 0.3) is 0 Å². The van der Waals surface area contributed by atoms with E-state index in [1.54, 1.807) is 91.9 Å². The van der Waals surface area contributed by atoms with Crippen molar-refractivity contribution in [1.29, 1.82) is 0 Å². The van der Waals surface area contributed by atoms with Crippen molar-refractivity contribution in [2.45, 2.75) is 20.8 Å². The van der Waals surface area contributed by atoms with E-state index in [2.05, 4.69) is 26.6 Å². The summed E-state index contributed by atoms with van der Waals surface area (Å²) >= 11 is 3.37. The number of carbonyl (C=O) groups is 4. The third kappa shape index (κ3) is 8.63. The number of anilines is 2. The Morgan fingerprint density at radius 3 is 1.35 bits per heavy atom. The number of amides is 2. The van der Waals surface area contributed by atoms with E-state index in [9.17, 15) is 19.2 Å². The molecule has 0 aliphatic rings. The van der Waals surface area contributed by atoms with Crippen molar-refractivity contribution in [2.24, 2.45) is 0 Å². The van der Waals surface area contributed by atoms with Gasteiger partial charge in [0.25, 0.3) is 11.8 Å². The summed E-state index contributed by atoms with van der Waals surface area (Å²) < 4.78 is 12.4. The van der Waals surface area contributed by atoms with E-state index < -0.39 is 11.8 Å². The quantitative estimate of drug-likeness (QED) is 0.128. The SMILES string of the molecule is Cc1ccc(C(=O)c2ccc(OCC(=O)Nc3ccccc3NC(=O)COc3ccc(C(=O)c4ccc(Br)cc4)cc3C)c(C)c2)cc1. The van der Waals surface area contributed by atoms with Gasteiger partial charge in [0, 0.05) is 26.7 Å². The molecule has 0 bridgehead atoms. The number of nitrogens with one attached hydrogen (secondary N) is 2. The second-order valence-corrected chi connectivity index (χ2v) is 12.1. The van der Waals surface area contributed by atoms with Crippen molar-refractivity contribution >= 4 is 50.7 Å². The molecule has 0 heterocycles. The Bertz CT molecular complexity index is 1840. The van der Waals surface area contributed by atoms with Crippen LogP contribution < -0.4 is 20.1 Å². The molecule has 0 atom stereocenters. The van der Waals surface area contributed by atoms with Crippen LogP contribution in [0.15, 0.2) is 114 Å². The maximum atomic E-state index is 12.9. The molecule has 9 heteroatoms. The molecule has 8 nitrogen and oxygen atoms in total. The Morgan fingerprint density at radius 2 is 0.938 bits per heavy atom. The molecule has 242 valence electrons. The van der Waals surface area contributed by atoms with Gasteiger partial charge in [-0.1, -0.05) is 57.9 Å². The van der Waals surface area contributed by atoms with Crippen molar-refractivity contribution in [3.8, 4) is 11.5 Å². The van der Waals surface area contributed by atoms with Gasteiger partial charge in [-0.15, -0.1) is 0 Å². The van der Waals surface area contributed by atoms with E-state index in [0.29, 0.717) is 50.7 Å². The predicted molar refractivity (Wildman–Crippen MR) is 189 cm³/mol. The molecule has 0 aliphatic heterocycles. The van der Waals surface area contributed by atoms with Gasteiger partial charge in [-0.2, -0.15) is 0 Å². The monoisotopic (exact) mass is 704 g/mol. The van der Waals surface area contributed by atoms with Gasteiger partial charge in [0.15, 0.2) is 24.8 Å². The number of aryl methyl sites for hydroxylation is 3. The summed E-state index contributed by atoms with van der Waals surface area (Å²) in [6, 6.07) is 31.4. The fourth-order valence-electron chi connectivity index (χ4n) is 4.91. The van der Waals surface area contributed by atoms with E-state index >= 15 is 0 Å². The zero-order valence-corrected chi connectivity index (χ0v) is 28.2. The molecule has 0 saturated carbocycles. The number of hydrogen-bond acceptors (Lipinski definition) is 6. The Morgan fingerprint density at radius 1 is 0.542 bits per heavy atom. The summed E-state index contributed by atoms with van der Waals surface area (Å²) in [6.45, 7) is 5.02. The lowest BCUT2D eigenvalue weighted by molar-refractivity contribution is -0.119. The molecule has 0 saturated heterocycles. The Balaban J connectivity index is 1.13. The first kappa shape index (κ1) is 33.8. The highest BCUT2D eigenvalue weighted by atomic mass is 79.9. The maximum absolute atomic E-state index is 12.9. The van der Waals surface area contributed by atoms with Gasteiger partial charge >= 0.3 is 0 Å². The molecule has 0 fully saturated rings. The first-order valence-corrected chi connectivity index (χ1v) is 15.9. The van der Waals surface area contributed by atoms with Crippen LogP contribution in [0.2, 0.25) is 0 Å². The van der Waals surface area contributed by atoms with Crippen LogP contribution >= 0.6 is 15.9 Å². The minimum absolute atomic E-state index is 0.0939. The number of halogens is 1. The summed E-state index contributed by atoms with van der Waals surface area (Å²) in [5, 5.41) is 5.54. The first-order chi connectivity index (χ1) is 23.1. The standard InChI is InChI=1S/C39H33BrN2O6/c1-24-8-10-27(11-9-24)38(45)29-14-18-34(25(2)20-29)47-22-36(43)41-32-6-4-5-7-33(32)42-37(44)23-48-35-19-15-30(21-26(35)3)39(46)28-12-16-31(40)17-13-28/h4-21H,22-23H2,1-3H3,(H,41,43)(H,42,44). The zero-order valence-electron chi connectivity index (χ0n) is 26.6. The molecule has 48 heavy (non-hydrogen) atoms. The number of hydrogen-bond donors (Lipinski definition) is 2. The van der Waals surface area contributed by atoms with Crippen LogP contribution in [0.4, 0.5) is 11.4 Å². The van der Waals surface area contributed by atoms with Gasteiger partial charge in [-0.25, -0.2) is 0 Å². The highest BCUT2D eigenvalue weighted by Crippen LogP contribution is 2.25. The maximum Gasteiger partial charge on any atom is 0.262 e. The molecule has 0 unspecified atom stereocenters. The summed E-state index contributed by atoms with van der Waals surface area (Å²) in [7, 11) is 0. The van der Waals surface area contributed by atoms with Crippen molar-refractivity contribution in [3.63, 3.8) is 0 Å². The second-order valence-electron chi connectivity index (χ2n) is 11.2. The van der Waals surface area contributed by atoms with E-state index in [-0.39, 0.29) is 24.8 Å². The van der Waals surface area contributed by atoms with Gasteiger partial charge in [0.1, 0.15) is 11.5 Å². The van der Waals surface area contributed by atoms with E-state index in [4.69, 9.17) is 9.47 Å². The van der Waals surface area contributed by atoms with Gasteiger partial charge < -0.3 is 20.1 Å².